The van der Waals surface area contributed by atoms with Crippen molar-refractivity contribution >= 4 is 33.9 Å². The molecule has 0 saturated carbocycles. The lowest BCUT2D eigenvalue weighted by Crippen LogP contribution is -2.30. The highest BCUT2D eigenvalue weighted by molar-refractivity contribution is 9.10. The van der Waals surface area contributed by atoms with E-state index in [4.69, 9.17) is 9.47 Å². The van der Waals surface area contributed by atoms with Crippen molar-refractivity contribution in [3.05, 3.63) is 99.4 Å². The highest BCUT2D eigenvalue weighted by atomic mass is 79.9. The summed E-state index contributed by atoms with van der Waals surface area (Å²) in [4.78, 5) is 26.2. The zero-order valence-corrected chi connectivity index (χ0v) is 20.0. The van der Waals surface area contributed by atoms with Crippen LogP contribution in [0.2, 0.25) is 0 Å². The number of urea groups is 1. The average molecular weight is 525 g/mol. The van der Waals surface area contributed by atoms with Crippen molar-refractivity contribution in [2.24, 2.45) is 0 Å². The standard InChI is InChI=1S/C26H22BrFN2O4/c1-2-33-23-14-18(12-20(27)24(23)34-16-17-8-4-3-5-9-17)13-22-25(31)30(26(32)29-22)15-19-10-6-7-11-21(19)28/h3-14H,2,15-16H2,1H3,(H,29,32)/b22-13+. The Morgan fingerprint density at radius 1 is 1.03 bits per heavy atom. The lowest BCUT2D eigenvalue weighted by atomic mass is 10.1. The molecule has 1 N–H and O–H groups in total. The van der Waals surface area contributed by atoms with E-state index in [1.165, 1.54) is 12.1 Å². The van der Waals surface area contributed by atoms with E-state index in [0.29, 0.717) is 34.7 Å². The van der Waals surface area contributed by atoms with Gasteiger partial charge >= 0.3 is 6.03 Å². The number of nitrogens with zero attached hydrogens (tertiary/aromatic N) is 1. The first-order chi connectivity index (χ1) is 16.5. The Hall–Kier alpha value is -3.65. The van der Waals surface area contributed by atoms with Gasteiger partial charge in [0.25, 0.3) is 5.91 Å². The highest BCUT2D eigenvalue weighted by Crippen LogP contribution is 2.38. The maximum Gasteiger partial charge on any atom is 0.329 e. The third-order valence-corrected chi connectivity index (χ3v) is 5.71. The fourth-order valence-corrected chi connectivity index (χ4v) is 4.06. The van der Waals surface area contributed by atoms with E-state index in [9.17, 15) is 14.0 Å². The third kappa shape index (κ3) is 5.28. The van der Waals surface area contributed by atoms with Gasteiger partial charge in [-0.15, -0.1) is 0 Å². The number of imide groups is 1. The summed E-state index contributed by atoms with van der Waals surface area (Å²) in [5.74, 6) is 0.0269. The molecule has 174 valence electrons. The lowest BCUT2D eigenvalue weighted by molar-refractivity contribution is -0.123. The van der Waals surface area contributed by atoms with Gasteiger partial charge in [0.15, 0.2) is 11.5 Å². The van der Waals surface area contributed by atoms with Crippen molar-refractivity contribution in [1.29, 1.82) is 0 Å². The van der Waals surface area contributed by atoms with Crippen LogP contribution in [-0.4, -0.2) is 23.4 Å². The molecule has 0 atom stereocenters. The van der Waals surface area contributed by atoms with Gasteiger partial charge < -0.3 is 14.8 Å². The minimum atomic E-state index is -0.605. The minimum absolute atomic E-state index is 0.0913. The molecular weight excluding hydrogens is 503 g/mol. The molecule has 0 spiro atoms. The molecule has 0 bridgehead atoms. The molecule has 6 nitrogen and oxygen atoms in total. The van der Waals surface area contributed by atoms with Gasteiger partial charge in [-0.05, 0) is 58.3 Å². The Kier molecular flexibility index (Phi) is 7.27. The molecule has 8 heteroatoms. The van der Waals surface area contributed by atoms with Crippen LogP contribution in [0.1, 0.15) is 23.6 Å². The molecule has 1 saturated heterocycles. The Labute approximate surface area is 205 Å². The molecule has 0 aromatic heterocycles. The number of benzene rings is 3. The molecule has 1 heterocycles. The first-order valence-electron chi connectivity index (χ1n) is 10.7. The smallest absolute Gasteiger partial charge is 0.329 e. The predicted molar refractivity (Wildman–Crippen MR) is 130 cm³/mol. The van der Waals surface area contributed by atoms with Crippen LogP contribution >= 0.6 is 15.9 Å². The Morgan fingerprint density at radius 3 is 2.50 bits per heavy atom. The van der Waals surface area contributed by atoms with E-state index in [2.05, 4.69) is 21.2 Å². The second-order valence-corrected chi connectivity index (χ2v) is 8.36. The topological polar surface area (TPSA) is 67.9 Å². The monoisotopic (exact) mass is 524 g/mol. The SMILES string of the molecule is CCOc1cc(/C=C2/NC(=O)N(Cc3ccccc3F)C2=O)cc(Br)c1OCc1ccccc1. The quantitative estimate of drug-likeness (QED) is 0.305. The van der Waals surface area contributed by atoms with Crippen molar-refractivity contribution in [2.45, 2.75) is 20.1 Å². The number of hydrogen-bond donors (Lipinski definition) is 1. The third-order valence-electron chi connectivity index (χ3n) is 5.12. The number of amides is 3. The molecule has 0 radical (unpaired) electrons. The summed E-state index contributed by atoms with van der Waals surface area (Å²) in [5.41, 5.74) is 1.98. The summed E-state index contributed by atoms with van der Waals surface area (Å²) < 4.78 is 26.4. The van der Waals surface area contributed by atoms with Gasteiger partial charge in [-0.3, -0.25) is 9.69 Å². The van der Waals surface area contributed by atoms with Crippen LogP contribution in [-0.2, 0) is 17.9 Å². The predicted octanol–water partition coefficient (Wildman–Crippen LogP) is 5.66. The minimum Gasteiger partial charge on any atom is -0.490 e. The molecule has 3 aromatic rings. The number of carbonyl (C=O) groups excluding carboxylic acids is 2. The first-order valence-corrected chi connectivity index (χ1v) is 11.5. The molecule has 4 rings (SSSR count). The molecule has 0 aliphatic carbocycles. The number of rotatable bonds is 8. The van der Waals surface area contributed by atoms with E-state index < -0.39 is 17.8 Å². The van der Waals surface area contributed by atoms with Crippen LogP contribution in [0.4, 0.5) is 9.18 Å². The average Bonchev–Trinajstić information content (AvgIpc) is 3.08. The summed E-state index contributed by atoms with van der Waals surface area (Å²) >= 11 is 3.52. The molecule has 34 heavy (non-hydrogen) atoms. The Morgan fingerprint density at radius 2 is 1.76 bits per heavy atom. The number of nitrogens with one attached hydrogen (secondary N) is 1. The summed E-state index contributed by atoms with van der Waals surface area (Å²) in [5, 5.41) is 2.56. The van der Waals surface area contributed by atoms with Gasteiger partial charge in [0, 0.05) is 5.56 Å². The van der Waals surface area contributed by atoms with E-state index in [0.717, 1.165) is 10.5 Å². The molecule has 3 aromatic carbocycles. The second-order valence-electron chi connectivity index (χ2n) is 7.51. The van der Waals surface area contributed by atoms with Crippen LogP contribution in [0, 0.1) is 5.82 Å². The summed E-state index contributed by atoms with van der Waals surface area (Å²) in [7, 11) is 0. The van der Waals surface area contributed by atoms with Crippen LogP contribution in [0.3, 0.4) is 0 Å². The maximum absolute atomic E-state index is 14.0. The van der Waals surface area contributed by atoms with Crippen molar-refractivity contribution in [3.8, 4) is 11.5 Å². The van der Waals surface area contributed by atoms with E-state index in [1.54, 1.807) is 30.3 Å². The van der Waals surface area contributed by atoms with Gasteiger partial charge in [0.1, 0.15) is 18.1 Å². The van der Waals surface area contributed by atoms with Gasteiger partial charge in [0.05, 0.1) is 17.6 Å². The van der Waals surface area contributed by atoms with Crippen LogP contribution in [0.25, 0.3) is 6.08 Å². The lowest BCUT2D eigenvalue weighted by Gasteiger charge is -2.15. The fourth-order valence-electron chi connectivity index (χ4n) is 3.48. The van der Waals surface area contributed by atoms with Gasteiger partial charge in [-0.25, -0.2) is 9.18 Å². The molecule has 1 aliphatic rings. The van der Waals surface area contributed by atoms with Crippen LogP contribution < -0.4 is 14.8 Å². The Bertz CT molecular complexity index is 1250. The number of carbonyl (C=O) groups is 2. The second kappa shape index (κ2) is 10.5. The summed E-state index contributed by atoms with van der Waals surface area (Å²) in [6.45, 7) is 2.48. The van der Waals surface area contributed by atoms with E-state index in [1.807, 2.05) is 37.3 Å². The zero-order valence-electron chi connectivity index (χ0n) is 18.4. The van der Waals surface area contributed by atoms with Crippen molar-refractivity contribution < 1.29 is 23.5 Å². The maximum atomic E-state index is 14.0. The van der Waals surface area contributed by atoms with Crippen molar-refractivity contribution in [1.82, 2.24) is 10.2 Å². The van der Waals surface area contributed by atoms with Crippen molar-refractivity contribution in [3.63, 3.8) is 0 Å². The van der Waals surface area contributed by atoms with Crippen LogP contribution in [0.15, 0.2) is 76.9 Å². The molecule has 3 amide bonds. The molecule has 1 fully saturated rings. The fraction of sp³-hybridized carbons (Fsp3) is 0.154. The molecule has 1 aliphatic heterocycles. The van der Waals surface area contributed by atoms with Crippen LogP contribution in [0.5, 0.6) is 11.5 Å². The summed E-state index contributed by atoms with van der Waals surface area (Å²) in [6.07, 6.45) is 1.55. The first kappa shape index (κ1) is 23.5. The largest absolute Gasteiger partial charge is 0.490 e. The number of ether oxygens (including phenoxy) is 2. The normalized spacial score (nSPS) is 14.4. The Balaban J connectivity index is 1.56. The van der Waals surface area contributed by atoms with E-state index in [-0.39, 0.29) is 17.8 Å². The van der Waals surface area contributed by atoms with E-state index >= 15 is 0 Å². The number of halogens is 2. The number of hydrogen-bond acceptors (Lipinski definition) is 4. The van der Waals surface area contributed by atoms with Gasteiger partial charge in [0.2, 0.25) is 0 Å². The molecule has 0 unspecified atom stereocenters. The highest BCUT2D eigenvalue weighted by Gasteiger charge is 2.34. The van der Waals surface area contributed by atoms with Gasteiger partial charge in [-0.1, -0.05) is 48.5 Å². The summed E-state index contributed by atoms with van der Waals surface area (Å²) in [6, 6.07) is 18.7. The zero-order chi connectivity index (χ0) is 24.1. The van der Waals surface area contributed by atoms with Gasteiger partial charge in [-0.2, -0.15) is 0 Å². The molecular formula is C26H22BrFN2O4. The van der Waals surface area contributed by atoms with Crippen molar-refractivity contribution in [2.75, 3.05) is 6.61 Å².